The van der Waals surface area contributed by atoms with Crippen molar-refractivity contribution in [1.29, 1.82) is 0 Å². The quantitative estimate of drug-likeness (QED) is 0.806. The molecule has 1 atom stereocenters. The summed E-state index contributed by atoms with van der Waals surface area (Å²) in [6, 6.07) is 8.00. The van der Waals surface area contributed by atoms with Gasteiger partial charge in [0.25, 0.3) is 0 Å². The van der Waals surface area contributed by atoms with Crippen LogP contribution in [0.5, 0.6) is 0 Å². The lowest BCUT2D eigenvalue weighted by molar-refractivity contribution is -0.130. The van der Waals surface area contributed by atoms with Crippen molar-refractivity contribution in [2.45, 2.75) is 31.8 Å². The molecule has 2 aromatic rings. The Morgan fingerprint density at radius 1 is 1.21 bits per heavy atom. The van der Waals surface area contributed by atoms with Gasteiger partial charge in [-0.15, -0.1) is 0 Å². The van der Waals surface area contributed by atoms with E-state index in [0.29, 0.717) is 25.4 Å². The van der Waals surface area contributed by atoms with Crippen molar-refractivity contribution >= 4 is 5.91 Å². The zero-order valence-electron chi connectivity index (χ0n) is 14.0. The number of nitrogens with zero attached hydrogens (tertiary/aromatic N) is 5. The van der Waals surface area contributed by atoms with Gasteiger partial charge in [0, 0.05) is 49.8 Å². The minimum atomic E-state index is 0.215. The summed E-state index contributed by atoms with van der Waals surface area (Å²) in [5, 5.41) is 0. The van der Waals surface area contributed by atoms with Crippen LogP contribution in [-0.4, -0.2) is 56.8 Å². The normalized spacial score (nSPS) is 17.4. The molecule has 6 heteroatoms. The molecular formula is C18H23N5O. The SMILES string of the molecule is CN(Cc1ncccn1)[C@H]1CCN(C(=O)CCc2ccccn2)C1. The summed E-state index contributed by atoms with van der Waals surface area (Å²) in [6.07, 6.45) is 7.52. The number of carbonyl (C=O) groups excluding carboxylic acids is 1. The highest BCUT2D eigenvalue weighted by atomic mass is 16.2. The number of carbonyl (C=O) groups is 1. The maximum absolute atomic E-state index is 12.4. The predicted octanol–water partition coefficient (Wildman–Crippen LogP) is 1.54. The molecule has 0 radical (unpaired) electrons. The fourth-order valence-electron chi connectivity index (χ4n) is 3.03. The lowest BCUT2D eigenvalue weighted by atomic mass is 10.2. The van der Waals surface area contributed by atoms with Crippen LogP contribution in [0.1, 0.15) is 24.4 Å². The molecule has 1 aliphatic heterocycles. The van der Waals surface area contributed by atoms with Crippen LogP contribution in [0.2, 0.25) is 0 Å². The molecule has 2 aromatic heterocycles. The first-order valence-electron chi connectivity index (χ1n) is 8.36. The van der Waals surface area contributed by atoms with Crippen molar-refractivity contribution in [3.8, 4) is 0 Å². The predicted molar refractivity (Wildman–Crippen MR) is 91.0 cm³/mol. The maximum atomic E-state index is 12.4. The molecule has 3 rings (SSSR count). The average Bonchev–Trinajstić information content (AvgIpc) is 3.12. The Kier molecular flexibility index (Phi) is 5.48. The molecule has 1 saturated heterocycles. The van der Waals surface area contributed by atoms with E-state index in [2.05, 4.69) is 26.9 Å². The summed E-state index contributed by atoms with van der Waals surface area (Å²) in [4.78, 5) is 29.4. The molecule has 0 aliphatic carbocycles. The molecule has 0 N–H and O–H groups in total. The number of rotatable bonds is 6. The number of pyridine rings is 1. The van der Waals surface area contributed by atoms with Gasteiger partial charge >= 0.3 is 0 Å². The van der Waals surface area contributed by atoms with Crippen LogP contribution >= 0.6 is 0 Å². The minimum Gasteiger partial charge on any atom is -0.341 e. The average molecular weight is 325 g/mol. The molecule has 0 aromatic carbocycles. The second-order valence-electron chi connectivity index (χ2n) is 6.18. The van der Waals surface area contributed by atoms with Crippen LogP contribution in [0.25, 0.3) is 0 Å². The maximum Gasteiger partial charge on any atom is 0.223 e. The topological polar surface area (TPSA) is 62.2 Å². The Bertz CT molecular complexity index is 649. The number of aryl methyl sites for hydroxylation is 1. The van der Waals surface area contributed by atoms with Gasteiger partial charge in [0.05, 0.1) is 6.54 Å². The van der Waals surface area contributed by atoms with Gasteiger partial charge in [0.1, 0.15) is 5.82 Å². The third-order valence-electron chi connectivity index (χ3n) is 4.47. The molecule has 1 aliphatic rings. The number of likely N-dealkylation sites (N-methyl/N-ethyl adjacent to an activating group) is 1. The van der Waals surface area contributed by atoms with Gasteiger partial charge in [-0.25, -0.2) is 9.97 Å². The van der Waals surface area contributed by atoms with Gasteiger partial charge in [-0.1, -0.05) is 6.07 Å². The Labute approximate surface area is 142 Å². The summed E-state index contributed by atoms with van der Waals surface area (Å²) >= 11 is 0. The summed E-state index contributed by atoms with van der Waals surface area (Å²) in [5.74, 6) is 1.03. The largest absolute Gasteiger partial charge is 0.341 e. The first kappa shape index (κ1) is 16.5. The molecule has 126 valence electrons. The van der Waals surface area contributed by atoms with Gasteiger partial charge in [0.2, 0.25) is 5.91 Å². The fraction of sp³-hybridized carbons (Fsp3) is 0.444. The van der Waals surface area contributed by atoms with Crippen molar-refractivity contribution in [2.24, 2.45) is 0 Å². The van der Waals surface area contributed by atoms with Crippen molar-refractivity contribution in [3.63, 3.8) is 0 Å². The van der Waals surface area contributed by atoms with Gasteiger partial charge in [-0.2, -0.15) is 0 Å². The van der Waals surface area contributed by atoms with Gasteiger partial charge in [-0.3, -0.25) is 14.7 Å². The summed E-state index contributed by atoms with van der Waals surface area (Å²) in [7, 11) is 2.07. The molecule has 6 nitrogen and oxygen atoms in total. The second kappa shape index (κ2) is 7.97. The zero-order chi connectivity index (χ0) is 16.8. The van der Waals surface area contributed by atoms with Crippen molar-refractivity contribution in [3.05, 3.63) is 54.4 Å². The number of hydrogen-bond acceptors (Lipinski definition) is 5. The van der Waals surface area contributed by atoms with Crippen LogP contribution < -0.4 is 0 Å². The van der Waals surface area contributed by atoms with Gasteiger partial charge in [-0.05, 0) is 38.1 Å². The summed E-state index contributed by atoms with van der Waals surface area (Å²) in [5.41, 5.74) is 0.972. The molecule has 1 amide bonds. The molecule has 0 saturated carbocycles. The molecule has 0 unspecified atom stereocenters. The molecule has 0 spiro atoms. The van der Waals surface area contributed by atoms with Gasteiger partial charge in [0.15, 0.2) is 0 Å². The Hall–Kier alpha value is -2.34. The van der Waals surface area contributed by atoms with Crippen LogP contribution in [0.15, 0.2) is 42.9 Å². The zero-order valence-corrected chi connectivity index (χ0v) is 14.0. The van der Waals surface area contributed by atoms with Crippen LogP contribution in [0.4, 0.5) is 0 Å². The highest BCUT2D eigenvalue weighted by molar-refractivity contribution is 5.76. The Morgan fingerprint density at radius 2 is 2.00 bits per heavy atom. The Balaban J connectivity index is 1.46. The minimum absolute atomic E-state index is 0.215. The van der Waals surface area contributed by atoms with Crippen molar-refractivity contribution < 1.29 is 4.79 Å². The first-order valence-corrected chi connectivity index (χ1v) is 8.36. The van der Waals surface area contributed by atoms with Crippen LogP contribution in [0.3, 0.4) is 0 Å². The van der Waals surface area contributed by atoms with E-state index in [1.54, 1.807) is 18.6 Å². The van der Waals surface area contributed by atoms with Crippen LogP contribution in [0, 0.1) is 0 Å². The molecule has 3 heterocycles. The number of amides is 1. The second-order valence-corrected chi connectivity index (χ2v) is 6.18. The lowest BCUT2D eigenvalue weighted by Crippen LogP contribution is -2.36. The number of likely N-dealkylation sites (tertiary alicyclic amines) is 1. The molecule has 24 heavy (non-hydrogen) atoms. The highest BCUT2D eigenvalue weighted by Gasteiger charge is 2.28. The van der Waals surface area contributed by atoms with E-state index in [0.717, 1.165) is 31.0 Å². The highest BCUT2D eigenvalue weighted by Crippen LogP contribution is 2.17. The van der Waals surface area contributed by atoms with Crippen LogP contribution in [-0.2, 0) is 17.8 Å². The Morgan fingerprint density at radius 3 is 2.75 bits per heavy atom. The standard InChI is InChI=1S/C18H23N5O/c1-22(14-17-20-10-4-11-21-17)16-8-12-23(13-16)18(24)7-6-15-5-2-3-9-19-15/h2-5,9-11,16H,6-8,12-14H2,1H3/t16-/m0/s1. The fourth-order valence-corrected chi connectivity index (χ4v) is 3.03. The van der Waals surface area contributed by atoms with E-state index < -0.39 is 0 Å². The third kappa shape index (κ3) is 4.35. The lowest BCUT2D eigenvalue weighted by Gasteiger charge is -2.24. The van der Waals surface area contributed by atoms with E-state index in [1.807, 2.05) is 29.2 Å². The number of hydrogen-bond donors (Lipinski definition) is 0. The number of aromatic nitrogens is 3. The molecule has 1 fully saturated rings. The van der Waals surface area contributed by atoms with Crippen molar-refractivity contribution in [2.75, 3.05) is 20.1 Å². The summed E-state index contributed by atoms with van der Waals surface area (Å²) in [6.45, 7) is 2.32. The monoisotopic (exact) mass is 325 g/mol. The summed E-state index contributed by atoms with van der Waals surface area (Å²) < 4.78 is 0. The van der Waals surface area contributed by atoms with E-state index in [4.69, 9.17) is 0 Å². The van der Waals surface area contributed by atoms with E-state index >= 15 is 0 Å². The third-order valence-corrected chi connectivity index (χ3v) is 4.47. The van der Waals surface area contributed by atoms with E-state index in [9.17, 15) is 4.79 Å². The smallest absolute Gasteiger partial charge is 0.223 e. The molecule has 0 bridgehead atoms. The van der Waals surface area contributed by atoms with E-state index in [-0.39, 0.29) is 5.91 Å². The van der Waals surface area contributed by atoms with Crippen molar-refractivity contribution in [1.82, 2.24) is 24.8 Å². The first-order chi connectivity index (χ1) is 11.7. The van der Waals surface area contributed by atoms with E-state index in [1.165, 1.54) is 0 Å². The van der Waals surface area contributed by atoms with Gasteiger partial charge < -0.3 is 4.90 Å². The molecular weight excluding hydrogens is 302 g/mol.